The highest BCUT2D eigenvalue weighted by Crippen LogP contribution is 2.29. The Hall–Kier alpha value is -1.81. The molecule has 0 aliphatic carbocycles. The fraction of sp³-hybridized carbons (Fsp3) is 0.0714. The highest BCUT2D eigenvalue weighted by molar-refractivity contribution is 9.10. The minimum Gasteiger partial charge on any atom is -0.434 e. The molecular formula is C14H11BrN2O. The second kappa shape index (κ2) is 4.14. The van der Waals surface area contributed by atoms with Crippen molar-refractivity contribution in [2.75, 3.05) is 5.73 Å². The maximum atomic E-state index is 5.93. The lowest BCUT2D eigenvalue weighted by atomic mass is 10.2. The minimum atomic E-state index is 0.592. The maximum absolute atomic E-state index is 5.93. The number of nitrogens with zero attached hydrogens (tertiary/aromatic N) is 1. The number of oxazole rings is 1. The van der Waals surface area contributed by atoms with E-state index >= 15 is 0 Å². The van der Waals surface area contributed by atoms with E-state index in [4.69, 9.17) is 10.2 Å². The van der Waals surface area contributed by atoms with Crippen molar-refractivity contribution in [2.24, 2.45) is 0 Å². The van der Waals surface area contributed by atoms with Crippen LogP contribution in [0.25, 0.3) is 22.6 Å². The van der Waals surface area contributed by atoms with Gasteiger partial charge in [0.1, 0.15) is 5.52 Å². The Kier molecular flexibility index (Phi) is 2.59. The predicted octanol–water partition coefficient (Wildman–Crippen LogP) is 4.15. The van der Waals surface area contributed by atoms with Crippen molar-refractivity contribution in [3.05, 3.63) is 46.4 Å². The molecule has 3 nitrogen and oxygen atoms in total. The molecule has 18 heavy (non-hydrogen) atoms. The van der Waals surface area contributed by atoms with E-state index in [9.17, 15) is 0 Å². The quantitative estimate of drug-likeness (QED) is 0.687. The van der Waals surface area contributed by atoms with Gasteiger partial charge in [-0.2, -0.15) is 0 Å². The third-order valence-electron chi connectivity index (χ3n) is 2.75. The lowest BCUT2D eigenvalue weighted by Crippen LogP contribution is -1.86. The first-order valence-electron chi connectivity index (χ1n) is 5.56. The molecule has 0 unspecified atom stereocenters. The fourth-order valence-corrected chi connectivity index (χ4v) is 2.19. The van der Waals surface area contributed by atoms with Crippen molar-refractivity contribution in [3.8, 4) is 11.5 Å². The second-order valence-corrected chi connectivity index (χ2v) is 5.14. The van der Waals surface area contributed by atoms with E-state index in [-0.39, 0.29) is 0 Å². The maximum Gasteiger partial charge on any atom is 0.227 e. The minimum absolute atomic E-state index is 0.592. The summed E-state index contributed by atoms with van der Waals surface area (Å²) in [6.45, 7) is 1.99. The van der Waals surface area contributed by atoms with Crippen molar-refractivity contribution in [2.45, 2.75) is 6.92 Å². The van der Waals surface area contributed by atoms with Crippen molar-refractivity contribution >= 4 is 32.7 Å². The lowest BCUT2D eigenvalue weighted by molar-refractivity contribution is 0.621. The molecule has 0 aliphatic rings. The third-order valence-corrected chi connectivity index (χ3v) is 3.28. The van der Waals surface area contributed by atoms with Crippen molar-refractivity contribution < 1.29 is 4.42 Å². The average Bonchev–Trinajstić information content (AvgIpc) is 2.74. The van der Waals surface area contributed by atoms with Gasteiger partial charge in [0.2, 0.25) is 5.89 Å². The number of anilines is 1. The van der Waals surface area contributed by atoms with Gasteiger partial charge in [-0.25, -0.2) is 4.98 Å². The van der Waals surface area contributed by atoms with Crippen molar-refractivity contribution in [1.82, 2.24) is 4.98 Å². The second-order valence-electron chi connectivity index (χ2n) is 4.23. The number of aromatic nitrogens is 1. The Balaban J connectivity index is 2.19. The molecule has 1 heterocycles. The summed E-state index contributed by atoms with van der Waals surface area (Å²) < 4.78 is 6.75. The number of halogens is 1. The molecule has 0 spiro atoms. The first kappa shape index (κ1) is 11.3. The molecule has 0 atom stereocenters. The number of nitrogens with two attached hydrogens (primary N) is 1. The normalized spacial score (nSPS) is 11.0. The van der Waals surface area contributed by atoms with Crippen LogP contribution in [0.2, 0.25) is 0 Å². The van der Waals surface area contributed by atoms with Gasteiger partial charge in [0.05, 0.1) is 5.69 Å². The van der Waals surface area contributed by atoms with Crippen LogP contribution in [-0.2, 0) is 0 Å². The molecule has 2 N–H and O–H groups in total. The number of fused-ring (bicyclic) bond motifs is 1. The largest absolute Gasteiger partial charge is 0.434 e. The zero-order chi connectivity index (χ0) is 12.7. The number of aryl methyl sites for hydroxylation is 1. The van der Waals surface area contributed by atoms with E-state index in [1.807, 2.05) is 43.3 Å². The molecule has 0 saturated heterocycles. The molecule has 0 radical (unpaired) electrons. The van der Waals surface area contributed by atoms with Gasteiger partial charge >= 0.3 is 0 Å². The van der Waals surface area contributed by atoms with E-state index in [1.165, 1.54) is 0 Å². The number of rotatable bonds is 1. The summed E-state index contributed by atoms with van der Waals surface area (Å²) in [5, 5.41) is 0. The zero-order valence-electron chi connectivity index (χ0n) is 9.77. The van der Waals surface area contributed by atoms with Crippen molar-refractivity contribution in [3.63, 3.8) is 0 Å². The zero-order valence-corrected chi connectivity index (χ0v) is 11.4. The smallest absolute Gasteiger partial charge is 0.227 e. The monoisotopic (exact) mass is 302 g/mol. The Morgan fingerprint density at radius 1 is 1.17 bits per heavy atom. The molecule has 0 fully saturated rings. The van der Waals surface area contributed by atoms with Crippen LogP contribution in [0.4, 0.5) is 5.69 Å². The van der Waals surface area contributed by atoms with Gasteiger partial charge in [-0.05, 0) is 48.9 Å². The molecule has 0 amide bonds. The molecule has 0 saturated carbocycles. The molecule has 0 bridgehead atoms. The van der Waals surface area contributed by atoms with Crippen LogP contribution in [0.1, 0.15) is 5.56 Å². The number of benzene rings is 2. The van der Waals surface area contributed by atoms with Gasteiger partial charge < -0.3 is 10.2 Å². The summed E-state index contributed by atoms with van der Waals surface area (Å²) in [7, 11) is 0. The first-order chi connectivity index (χ1) is 8.63. The highest BCUT2D eigenvalue weighted by Gasteiger charge is 2.10. The molecule has 0 aliphatic heterocycles. The van der Waals surface area contributed by atoms with E-state index in [0.717, 1.165) is 21.1 Å². The number of hydrogen-bond acceptors (Lipinski definition) is 3. The Bertz CT molecular complexity index is 716. The molecule has 2 aromatic carbocycles. The van der Waals surface area contributed by atoms with Gasteiger partial charge in [-0.15, -0.1) is 0 Å². The SMILES string of the molecule is Cc1cc(N)c2oc(-c3ccc(Br)cc3)nc2c1. The predicted molar refractivity (Wildman–Crippen MR) is 76.3 cm³/mol. The Labute approximate surface area is 113 Å². The van der Waals surface area contributed by atoms with Crippen LogP contribution in [-0.4, -0.2) is 4.98 Å². The van der Waals surface area contributed by atoms with Crippen LogP contribution in [0.5, 0.6) is 0 Å². The lowest BCUT2D eigenvalue weighted by Gasteiger charge is -1.95. The molecule has 4 heteroatoms. The summed E-state index contributed by atoms with van der Waals surface area (Å²) in [5.74, 6) is 0.592. The van der Waals surface area contributed by atoms with E-state index in [2.05, 4.69) is 20.9 Å². The standard InChI is InChI=1S/C14H11BrN2O/c1-8-6-11(16)13-12(7-8)17-14(18-13)9-2-4-10(15)5-3-9/h2-7H,16H2,1H3. The van der Waals surface area contributed by atoms with Crippen LogP contribution >= 0.6 is 15.9 Å². The van der Waals surface area contributed by atoms with Gasteiger partial charge in [-0.1, -0.05) is 15.9 Å². The van der Waals surface area contributed by atoms with Crippen LogP contribution < -0.4 is 5.73 Å². The average molecular weight is 303 g/mol. The molecule has 1 aromatic heterocycles. The van der Waals surface area contributed by atoms with Gasteiger partial charge in [0.25, 0.3) is 0 Å². The van der Waals surface area contributed by atoms with E-state index in [1.54, 1.807) is 0 Å². The van der Waals surface area contributed by atoms with Crippen LogP contribution in [0, 0.1) is 6.92 Å². The van der Waals surface area contributed by atoms with Gasteiger partial charge in [0.15, 0.2) is 5.58 Å². The van der Waals surface area contributed by atoms with Gasteiger partial charge in [0, 0.05) is 10.0 Å². The molecular weight excluding hydrogens is 292 g/mol. The Morgan fingerprint density at radius 3 is 2.61 bits per heavy atom. The highest BCUT2D eigenvalue weighted by atomic mass is 79.9. The summed E-state index contributed by atoms with van der Waals surface area (Å²) in [6.07, 6.45) is 0. The van der Waals surface area contributed by atoms with E-state index < -0.39 is 0 Å². The third kappa shape index (κ3) is 1.88. The number of hydrogen-bond donors (Lipinski definition) is 1. The fourth-order valence-electron chi connectivity index (χ4n) is 1.92. The molecule has 90 valence electrons. The van der Waals surface area contributed by atoms with Crippen molar-refractivity contribution in [1.29, 1.82) is 0 Å². The Morgan fingerprint density at radius 2 is 1.89 bits per heavy atom. The molecule has 3 rings (SSSR count). The first-order valence-corrected chi connectivity index (χ1v) is 6.35. The summed E-state index contributed by atoms with van der Waals surface area (Å²) in [6, 6.07) is 11.7. The van der Waals surface area contributed by atoms with Crippen LogP contribution in [0.15, 0.2) is 45.3 Å². The molecule has 3 aromatic rings. The van der Waals surface area contributed by atoms with E-state index in [0.29, 0.717) is 17.2 Å². The topological polar surface area (TPSA) is 52.0 Å². The van der Waals surface area contributed by atoms with Gasteiger partial charge in [-0.3, -0.25) is 0 Å². The summed E-state index contributed by atoms with van der Waals surface area (Å²) >= 11 is 3.40. The summed E-state index contributed by atoms with van der Waals surface area (Å²) in [4.78, 5) is 4.47. The van der Waals surface area contributed by atoms with Crippen LogP contribution in [0.3, 0.4) is 0 Å². The number of nitrogen functional groups attached to an aromatic ring is 1. The summed E-state index contributed by atoms with van der Waals surface area (Å²) in [5.41, 5.74) is 10.0.